The van der Waals surface area contributed by atoms with Crippen molar-refractivity contribution in [3.63, 3.8) is 0 Å². The summed E-state index contributed by atoms with van der Waals surface area (Å²) in [6.07, 6.45) is 1.71. The maximum absolute atomic E-state index is 14.0. The van der Waals surface area contributed by atoms with Crippen LogP contribution in [0, 0.1) is 5.82 Å². The minimum atomic E-state index is -0.138. The monoisotopic (exact) mass is 284 g/mol. The standard InChI is InChI=1S/C18H21FN2/c19-17-7-4-8-18(16(17)9-11-20)21-12-10-15(13-21)14-5-2-1-3-6-14/h1-8,15H,9-13,20H2. The molecule has 0 radical (unpaired) electrons. The fraction of sp³-hybridized carbons (Fsp3) is 0.333. The topological polar surface area (TPSA) is 29.3 Å². The lowest BCUT2D eigenvalue weighted by Crippen LogP contribution is -2.22. The van der Waals surface area contributed by atoms with Crippen molar-refractivity contribution >= 4 is 5.69 Å². The van der Waals surface area contributed by atoms with E-state index in [0.29, 0.717) is 18.9 Å². The molecule has 21 heavy (non-hydrogen) atoms. The van der Waals surface area contributed by atoms with E-state index in [9.17, 15) is 4.39 Å². The van der Waals surface area contributed by atoms with Gasteiger partial charge in [-0.25, -0.2) is 4.39 Å². The van der Waals surface area contributed by atoms with Crippen LogP contribution in [-0.2, 0) is 6.42 Å². The average molecular weight is 284 g/mol. The molecule has 1 heterocycles. The molecular formula is C18H21FN2. The SMILES string of the molecule is NCCc1c(F)cccc1N1CCC(c2ccccc2)C1. The first kappa shape index (κ1) is 14.1. The van der Waals surface area contributed by atoms with E-state index in [4.69, 9.17) is 5.73 Å². The van der Waals surface area contributed by atoms with E-state index >= 15 is 0 Å². The maximum Gasteiger partial charge on any atom is 0.128 e. The van der Waals surface area contributed by atoms with Crippen molar-refractivity contribution in [1.29, 1.82) is 0 Å². The zero-order valence-electron chi connectivity index (χ0n) is 12.1. The van der Waals surface area contributed by atoms with Crippen LogP contribution in [0.15, 0.2) is 48.5 Å². The molecule has 2 aromatic rings. The number of anilines is 1. The minimum Gasteiger partial charge on any atom is -0.371 e. The summed E-state index contributed by atoms with van der Waals surface area (Å²) in [4.78, 5) is 2.30. The molecule has 2 nitrogen and oxygen atoms in total. The lowest BCUT2D eigenvalue weighted by Gasteiger charge is -2.22. The van der Waals surface area contributed by atoms with E-state index in [1.807, 2.05) is 12.1 Å². The summed E-state index contributed by atoms with van der Waals surface area (Å²) >= 11 is 0. The van der Waals surface area contributed by atoms with Crippen molar-refractivity contribution in [2.45, 2.75) is 18.8 Å². The number of hydrogen-bond acceptors (Lipinski definition) is 2. The molecular weight excluding hydrogens is 263 g/mol. The molecule has 1 atom stereocenters. The van der Waals surface area contributed by atoms with Crippen molar-refractivity contribution in [2.24, 2.45) is 5.73 Å². The van der Waals surface area contributed by atoms with Gasteiger partial charge >= 0.3 is 0 Å². The van der Waals surface area contributed by atoms with Gasteiger partial charge in [-0.3, -0.25) is 0 Å². The van der Waals surface area contributed by atoms with E-state index in [2.05, 4.69) is 29.2 Å². The van der Waals surface area contributed by atoms with Gasteiger partial charge in [0.15, 0.2) is 0 Å². The van der Waals surface area contributed by atoms with Crippen LogP contribution in [0.1, 0.15) is 23.5 Å². The third kappa shape index (κ3) is 2.93. The van der Waals surface area contributed by atoms with Crippen LogP contribution in [-0.4, -0.2) is 19.6 Å². The predicted octanol–water partition coefficient (Wildman–Crippen LogP) is 3.32. The minimum absolute atomic E-state index is 0.138. The van der Waals surface area contributed by atoms with Crippen LogP contribution in [0.5, 0.6) is 0 Å². The van der Waals surface area contributed by atoms with E-state index in [1.54, 1.807) is 6.07 Å². The van der Waals surface area contributed by atoms with Crippen molar-refractivity contribution in [3.8, 4) is 0 Å². The summed E-state index contributed by atoms with van der Waals surface area (Å²) in [7, 11) is 0. The fourth-order valence-corrected chi connectivity index (χ4v) is 3.21. The molecule has 2 N–H and O–H groups in total. The Morgan fingerprint density at radius 2 is 1.90 bits per heavy atom. The fourth-order valence-electron chi connectivity index (χ4n) is 3.21. The Kier molecular flexibility index (Phi) is 4.20. The van der Waals surface area contributed by atoms with Crippen molar-refractivity contribution in [1.82, 2.24) is 0 Å². The highest BCUT2D eigenvalue weighted by molar-refractivity contribution is 5.55. The summed E-state index contributed by atoms with van der Waals surface area (Å²) < 4.78 is 14.0. The van der Waals surface area contributed by atoms with Gasteiger partial charge in [0.2, 0.25) is 0 Å². The van der Waals surface area contributed by atoms with Gasteiger partial charge in [-0.05, 0) is 37.1 Å². The first-order valence-corrected chi connectivity index (χ1v) is 7.57. The Morgan fingerprint density at radius 1 is 1.10 bits per heavy atom. The molecule has 0 saturated carbocycles. The van der Waals surface area contributed by atoms with Gasteiger partial charge in [-0.15, -0.1) is 0 Å². The highest BCUT2D eigenvalue weighted by Crippen LogP contribution is 2.33. The Hall–Kier alpha value is -1.87. The van der Waals surface area contributed by atoms with Gasteiger partial charge in [0.25, 0.3) is 0 Å². The molecule has 1 fully saturated rings. The number of halogens is 1. The van der Waals surface area contributed by atoms with E-state index < -0.39 is 0 Å². The smallest absolute Gasteiger partial charge is 0.128 e. The molecule has 0 bridgehead atoms. The summed E-state index contributed by atoms with van der Waals surface area (Å²) in [6, 6.07) is 15.9. The van der Waals surface area contributed by atoms with Crippen LogP contribution in [0.4, 0.5) is 10.1 Å². The second-order valence-corrected chi connectivity index (χ2v) is 5.62. The summed E-state index contributed by atoms with van der Waals surface area (Å²) in [5.41, 5.74) is 8.77. The van der Waals surface area contributed by atoms with Crippen molar-refractivity contribution in [2.75, 3.05) is 24.5 Å². The van der Waals surface area contributed by atoms with Gasteiger partial charge in [-0.1, -0.05) is 36.4 Å². The molecule has 0 spiro atoms. The zero-order valence-corrected chi connectivity index (χ0v) is 12.1. The third-order valence-electron chi connectivity index (χ3n) is 4.29. The van der Waals surface area contributed by atoms with E-state index in [-0.39, 0.29) is 5.82 Å². The van der Waals surface area contributed by atoms with Crippen molar-refractivity contribution in [3.05, 3.63) is 65.5 Å². The Bertz CT molecular complexity index is 597. The molecule has 3 rings (SSSR count). The van der Waals surface area contributed by atoms with Crippen molar-refractivity contribution < 1.29 is 4.39 Å². The van der Waals surface area contributed by atoms with Gasteiger partial charge in [0.05, 0.1) is 0 Å². The Balaban J connectivity index is 1.82. The van der Waals surface area contributed by atoms with Crippen LogP contribution in [0.2, 0.25) is 0 Å². The highest BCUT2D eigenvalue weighted by atomic mass is 19.1. The molecule has 1 aliphatic rings. The first-order chi connectivity index (χ1) is 10.3. The molecule has 1 aliphatic heterocycles. The second-order valence-electron chi connectivity index (χ2n) is 5.62. The lowest BCUT2D eigenvalue weighted by atomic mass is 9.99. The second kappa shape index (κ2) is 6.27. The molecule has 2 aromatic carbocycles. The van der Waals surface area contributed by atoms with Gasteiger partial charge in [0.1, 0.15) is 5.82 Å². The summed E-state index contributed by atoms with van der Waals surface area (Å²) in [5, 5.41) is 0. The summed E-state index contributed by atoms with van der Waals surface area (Å²) in [5.74, 6) is 0.390. The first-order valence-electron chi connectivity index (χ1n) is 7.57. The Labute approximate surface area is 125 Å². The molecule has 0 aliphatic carbocycles. The molecule has 1 saturated heterocycles. The largest absolute Gasteiger partial charge is 0.371 e. The van der Waals surface area contributed by atoms with Crippen LogP contribution in [0.25, 0.3) is 0 Å². The predicted molar refractivity (Wildman–Crippen MR) is 85.2 cm³/mol. The molecule has 0 amide bonds. The lowest BCUT2D eigenvalue weighted by molar-refractivity contribution is 0.608. The van der Waals surface area contributed by atoms with E-state index in [1.165, 1.54) is 11.6 Å². The Morgan fingerprint density at radius 3 is 2.67 bits per heavy atom. The van der Waals surface area contributed by atoms with Gasteiger partial charge < -0.3 is 10.6 Å². The van der Waals surface area contributed by atoms with Crippen LogP contribution < -0.4 is 10.6 Å². The molecule has 3 heteroatoms. The number of nitrogens with two attached hydrogens (primary N) is 1. The zero-order chi connectivity index (χ0) is 14.7. The average Bonchev–Trinajstić information content (AvgIpc) is 3.00. The number of benzene rings is 2. The van der Waals surface area contributed by atoms with Gasteiger partial charge in [0, 0.05) is 30.3 Å². The third-order valence-corrected chi connectivity index (χ3v) is 4.29. The quantitative estimate of drug-likeness (QED) is 0.933. The normalized spacial score (nSPS) is 18.2. The van der Waals surface area contributed by atoms with Gasteiger partial charge in [-0.2, -0.15) is 0 Å². The van der Waals surface area contributed by atoms with E-state index in [0.717, 1.165) is 30.8 Å². The molecule has 110 valence electrons. The summed E-state index contributed by atoms with van der Waals surface area (Å²) in [6.45, 7) is 2.40. The highest BCUT2D eigenvalue weighted by Gasteiger charge is 2.25. The number of rotatable bonds is 4. The number of hydrogen-bond donors (Lipinski definition) is 1. The van der Waals surface area contributed by atoms with Crippen LogP contribution >= 0.6 is 0 Å². The van der Waals surface area contributed by atoms with Crippen LogP contribution in [0.3, 0.4) is 0 Å². The molecule has 1 unspecified atom stereocenters. The molecule has 0 aromatic heterocycles. The number of nitrogens with zero attached hydrogens (tertiary/aromatic N) is 1. The maximum atomic E-state index is 14.0.